The van der Waals surface area contributed by atoms with E-state index in [4.69, 9.17) is 9.47 Å². The second-order valence-corrected chi connectivity index (χ2v) is 5.48. The van der Waals surface area contributed by atoms with E-state index < -0.39 is 0 Å². The van der Waals surface area contributed by atoms with E-state index in [0.29, 0.717) is 12.5 Å². The number of nitrogens with zero attached hydrogens (tertiary/aromatic N) is 1. The maximum atomic E-state index is 5.40. The molecule has 2 N–H and O–H groups in total. The molecule has 0 aliphatic carbocycles. The molecule has 0 saturated carbocycles. The Kier molecular flexibility index (Phi) is 11.6. The van der Waals surface area contributed by atoms with Crippen LogP contribution in [0.1, 0.15) is 32.8 Å². The van der Waals surface area contributed by atoms with Gasteiger partial charge < -0.3 is 20.1 Å². The molecule has 1 aromatic carbocycles. The minimum Gasteiger partial charge on any atom is -0.497 e. The lowest BCUT2D eigenvalue weighted by atomic mass is 10.1. The summed E-state index contributed by atoms with van der Waals surface area (Å²) in [4.78, 5) is 4.62. The molecule has 0 aliphatic rings. The molecule has 132 valence electrons. The highest BCUT2D eigenvalue weighted by atomic mass is 127. The van der Waals surface area contributed by atoms with Crippen molar-refractivity contribution in [3.05, 3.63) is 23.8 Å². The van der Waals surface area contributed by atoms with Gasteiger partial charge in [-0.2, -0.15) is 0 Å². The van der Waals surface area contributed by atoms with Crippen LogP contribution in [0.3, 0.4) is 0 Å². The Balaban J connectivity index is 0.00000484. The Hall–Kier alpha value is -1.18. The van der Waals surface area contributed by atoms with E-state index in [1.165, 1.54) is 0 Å². The van der Waals surface area contributed by atoms with E-state index in [1.807, 2.05) is 18.2 Å². The van der Waals surface area contributed by atoms with Gasteiger partial charge in [0.25, 0.3) is 0 Å². The molecule has 0 spiro atoms. The van der Waals surface area contributed by atoms with E-state index in [0.717, 1.165) is 42.5 Å². The topological polar surface area (TPSA) is 54.9 Å². The van der Waals surface area contributed by atoms with Crippen LogP contribution in [0.25, 0.3) is 0 Å². The zero-order chi connectivity index (χ0) is 16.4. The Morgan fingerprint density at radius 1 is 1.17 bits per heavy atom. The van der Waals surface area contributed by atoms with Gasteiger partial charge in [0.1, 0.15) is 11.5 Å². The largest absolute Gasteiger partial charge is 0.497 e. The molecule has 0 saturated heterocycles. The molecule has 1 aromatic rings. The number of guanidine groups is 1. The first-order chi connectivity index (χ1) is 10.6. The first-order valence-corrected chi connectivity index (χ1v) is 7.83. The van der Waals surface area contributed by atoms with Crippen LogP contribution in [-0.4, -0.2) is 33.3 Å². The summed E-state index contributed by atoms with van der Waals surface area (Å²) in [5.41, 5.74) is 1.03. The van der Waals surface area contributed by atoms with Crippen molar-refractivity contribution in [3.8, 4) is 11.5 Å². The van der Waals surface area contributed by atoms with Crippen LogP contribution in [-0.2, 0) is 6.54 Å². The second kappa shape index (κ2) is 12.3. The zero-order valence-corrected chi connectivity index (χ0v) is 17.1. The standard InChI is InChI=1S/C17H29N3O2.HI/c1-6-18-17(19-10-9-13(2)3)20-12-14-7-8-15(21-4)11-16(14)22-5;/h7-8,11,13H,6,9-10,12H2,1-5H3,(H2,18,19,20);1H. The van der Waals surface area contributed by atoms with Gasteiger partial charge in [0.05, 0.1) is 20.8 Å². The van der Waals surface area contributed by atoms with Crippen LogP contribution >= 0.6 is 24.0 Å². The maximum absolute atomic E-state index is 5.40. The number of hydrogen-bond acceptors (Lipinski definition) is 3. The molecular weight excluding hydrogens is 405 g/mol. The van der Waals surface area contributed by atoms with Crippen molar-refractivity contribution in [2.45, 2.75) is 33.7 Å². The lowest BCUT2D eigenvalue weighted by Crippen LogP contribution is -2.38. The first-order valence-electron chi connectivity index (χ1n) is 7.83. The number of benzene rings is 1. The average molecular weight is 435 g/mol. The van der Waals surface area contributed by atoms with Gasteiger partial charge in [0.15, 0.2) is 5.96 Å². The smallest absolute Gasteiger partial charge is 0.191 e. The van der Waals surface area contributed by atoms with Gasteiger partial charge in [-0.05, 0) is 31.4 Å². The fraction of sp³-hybridized carbons (Fsp3) is 0.588. The molecule has 0 radical (unpaired) electrons. The van der Waals surface area contributed by atoms with Crippen LogP contribution in [0, 0.1) is 5.92 Å². The summed E-state index contributed by atoms with van der Waals surface area (Å²) < 4.78 is 10.6. The molecule has 0 aromatic heterocycles. The van der Waals surface area contributed by atoms with Crippen LogP contribution < -0.4 is 20.1 Å². The molecule has 0 heterocycles. The minimum atomic E-state index is 0. The molecule has 23 heavy (non-hydrogen) atoms. The number of aliphatic imine (C=N–C) groups is 1. The summed E-state index contributed by atoms with van der Waals surface area (Å²) in [6.07, 6.45) is 1.12. The van der Waals surface area contributed by atoms with Crippen molar-refractivity contribution in [1.29, 1.82) is 0 Å². The molecular formula is C17H30IN3O2. The Morgan fingerprint density at radius 3 is 2.48 bits per heavy atom. The normalized spacial score (nSPS) is 11.0. The van der Waals surface area contributed by atoms with Crippen molar-refractivity contribution < 1.29 is 9.47 Å². The number of halogens is 1. The molecule has 0 unspecified atom stereocenters. The number of rotatable bonds is 8. The molecule has 0 aliphatic heterocycles. The zero-order valence-electron chi connectivity index (χ0n) is 14.8. The molecule has 0 amide bonds. The van der Waals surface area contributed by atoms with Crippen LogP contribution in [0.5, 0.6) is 11.5 Å². The van der Waals surface area contributed by atoms with E-state index in [9.17, 15) is 0 Å². The highest BCUT2D eigenvalue weighted by Gasteiger charge is 2.05. The number of methoxy groups -OCH3 is 2. The Labute approximate surface area is 157 Å². The fourth-order valence-electron chi connectivity index (χ4n) is 1.97. The summed E-state index contributed by atoms with van der Waals surface area (Å²) in [5.74, 6) is 3.09. The predicted octanol–water partition coefficient (Wildman–Crippen LogP) is 3.42. The molecule has 5 nitrogen and oxygen atoms in total. The average Bonchev–Trinajstić information content (AvgIpc) is 2.52. The van der Waals surface area contributed by atoms with Crippen molar-refractivity contribution >= 4 is 29.9 Å². The number of ether oxygens (including phenoxy) is 2. The summed E-state index contributed by atoms with van der Waals surface area (Å²) in [7, 11) is 3.31. The van der Waals surface area contributed by atoms with Crippen molar-refractivity contribution in [1.82, 2.24) is 10.6 Å². The lowest BCUT2D eigenvalue weighted by molar-refractivity contribution is 0.391. The first kappa shape index (κ1) is 21.8. The Morgan fingerprint density at radius 2 is 1.91 bits per heavy atom. The number of hydrogen-bond donors (Lipinski definition) is 2. The molecule has 0 fully saturated rings. The quantitative estimate of drug-likeness (QED) is 0.373. The van der Waals surface area contributed by atoms with Gasteiger partial charge in [-0.3, -0.25) is 0 Å². The molecule has 0 atom stereocenters. The molecule has 0 bridgehead atoms. The highest BCUT2D eigenvalue weighted by Crippen LogP contribution is 2.25. The Bertz CT molecular complexity index is 479. The fourth-order valence-corrected chi connectivity index (χ4v) is 1.97. The van der Waals surface area contributed by atoms with Crippen molar-refractivity contribution in [3.63, 3.8) is 0 Å². The third-order valence-corrected chi connectivity index (χ3v) is 3.26. The highest BCUT2D eigenvalue weighted by molar-refractivity contribution is 14.0. The predicted molar refractivity (Wildman–Crippen MR) is 107 cm³/mol. The van der Waals surface area contributed by atoms with Gasteiger partial charge in [-0.15, -0.1) is 24.0 Å². The lowest BCUT2D eigenvalue weighted by Gasteiger charge is -2.13. The van der Waals surface area contributed by atoms with Crippen LogP contribution in [0.2, 0.25) is 0 Å². The summed E-state index contributed by atoms with van der Waals surface area (Å²) in [6, 6.07) is 5.79. The van der Waals surface area contributed by atoms with Gasteiger partial charge in [-0.25, -0.2) is 4.99 Å². The number of nitrogens with one attached hydrogen (secondary N) is 2. The van der Waals surface area contributed by atoms with E-state index in [-0.39, 0.29) is 24.0 Å². The van der Waals surface area contributed by atoms with Crippen LogP contribution in [0.15, 0.2) is 23.2 Å². The summed E-state index contributed by atoms with van der Waals surface area (Å²) in [5, 5.41) is 6.62. The molecule has 6 heteroatoms. The van der Waals surface area contributed by atoms with Gasteiger partial charge in [-0.1, -0.05) is 13.8 Å². The summed E-state index contributed by atoms with van der Waals surface area (Å²) >= 11 is 0. The van der Waals surface area contributed by atoms with Gasteiger partial charge >= 0.3 is 0 Å². The van der Waals surface area contributed by atoms with E-state index >= 15 is 0 Å². The van der Waals surface area contributed by atoms with E-state index in [1.54, 1.807) is 14.2 Å². The van der Waals surface area contributed by atoms with Crippen molar-refractivity contribution in [2.24, 2.45) is 10.9 Å². The van der Waals surface area contributed by atoms with Gasteiger partial charge in [0, 0.05) is 24.7 Å². The SMILES string of the molecule is CCNC(=NCc1ccc(OC)cc1OC)NCCC(C)C.I. The third kappa shape index (κ3) is 8.29. The van der Waals surface area contributed by atoms with Crippen molar-refractivity contribution in [2.75, 3.05) is 27.3 Å². The van der Waals surface area contributed by atoms with Gasteiger partial charge in [0.2, 0.25) is 0 Å². The monoisotopic (exact) mass is 435 g/mol. The van der Waals surface area contributed by atoms with Crippen LogP contribution in [0.4, 0.5) is 0 Å². The maximum Gasteiger partial charge on any atom is 0.191 e. The molecule has 1 rings (SSSR count). The third-order valence-electron chi connectivity index (χ3n) is 3.26. The summed E-state index contributed by atoms with van der Waals surface area (Å²) in [6.45, 7) is 8.82. The van der Waals surface area contributed by atoms with E-state index in [2.05, 4.69) is 36.4 Å². The minimum absolute atomic E-state index is 0. The second-order valence-electron chi connectivity index (χ2n) is 5.48.